The van der Waals surface area contributed by atoms with Crippen LogP contribution in [-0.4, -0.2) is 13.0 Å². The van der Waals surface area contributed by atoms with Gasteiger partial charge in [-0.15, -0.1) is 0 Å². The van der Waals surface area contributed by atoms with Crippen molar-refractivity contribution in [3.8, 4) is 5.75 Å². The Labute approximate surface area is 155 Å². The Morgan fingerprint density at radius 3 is 2.59 bits per heavy atom. The van der Waals surface area contributed by atoms with E-state index in [4.69, 9.17) is 20.8 Å². The van der Waals surface area contributed by atoms with Crippen molar-refractivity contribution in [2.24, 2.45) is 0 Å². The van der Waals surface area contributed by atoms with E-state index in [1.807, 2.05) is 0 Å². The summed E-state index contributed by atoms with van der Waals surface area (Å²) in [7, 11) is 1.39. The first-order chi connectivity index (χ1) is 12.7. The predicted molar refractivity (Wildman–Crippen MR) is 93.4 cm³/mol. The van der Waals surface area contributed by atoms with Crippen molar-refractivity contribution >= 4 is 34.2 Å². The number of methoxy groups -OCH3 is 1. The lowest BCUT2D eigenvalue weighted by molar-refractivity contribution is -0.137. The molecule has 27 heavy (non-hydrogen) atoms. The van der Waals surface area contributed by atoms with Crippen molar-refractivity contribution in [2.45, 2.75) is 6.18 Å². The highest BCUT2D eigenvalue weighted by atomic mass is 35.5. The van der Waals surface area contributed by atoms with Crippen molar-refractivity contribution in [1.82, 2.24) is 0 Å². The van der Waals surface area contributed by atoms with Gasteiger partial charge in [0.25, 0.3) is 5.91 Å². The fraction of sp³-hybridized carbons (Fsp3) is 0.111. The fourth-order valence-electron chi connectivity index (χ4n) is 2.42. The zero-order chi connectivity index (χ0) is 19.8. The molecule has 0 bridgehead atoms. The number of nitrogens with one attached hydrogen (secondary N) is 1. The molecule has 0 spiro atoms. The van der Waals surface area contributed by atoms with E-state index >= 15 is 0 Å². The van der Waals surface area contributed by atoms with Crippen LogP contribution in [0.5, 0.6) is 5.75 Å². The number of benzene rings is 2. The maximum Gasteiger partial charge on any atom is 0.416 e. The third-order valence-corrected chi connectivity index (χ3v) is 4.06. The van der Waals surface area contributed by atoms with Gasteiger partial charge in [0.05, 0.1) is 23.4 Å². The minimum atomic E-state index is -4.61. The second-order valence-corrected chi connectivity index (χ2v) is 5.88. The van der Waals surface area contributed by atoms with Gasteiger partial charge < -0.3 is 14.5 Å². The maximum atomic E-state index is 12.8. The topological polar surface area (TPSA) is 68.5 Å². The first kappa shape index (κ1) is 18.8. The molecule has 1 N–H and O–H groups in total. The molecular formula is C18H11ClF3NO4. The largest absolute Gasteiger partial charge is 0.493 e. The molecule has 5 nitrogen and oxygen atoms in total. The second-order valence-electron chi connectivity index (χ2n) is 5.47. The van der Waals surface area contributed by atoms with Gasteiger partial charge in [0.1, 0.15) is 5.56 Å². The number of carbonyl (C=O) groups excluding carboxylic acids is 1. The quantitative estimate of drug-likeness (QED) is 0.649. The van der Waals surface area contributed by atoms with Crippen LogP contribution in [0.2, 0.25) is 5.02 Å². The van der Waals surface area contributed by atoms with E-state index in [1.54, 1.807) is 18.2 Å². The summed E-state index contributed by atoms with van der Waals surface area (Å²) in [6, 6.07) is 8.55. The van der Waals surface area contributed by atoms with E-state index in [-0.39, 0.29) is 21.9 Å². The van der Waals surface area contributed by atoms with Gasteiger partial charge in [-0.25, -0.2) is 4.79 Å². The van der Waals surface area contributed by atoms with E-state index in [0.717, 1.165) is 12.1 Å². The van der Waals surface area contributed by atoms with E-state index in [9.17, 15) is 22.8 Å². The van der Waals surface area contributed by atoms with Crippen LogP contribution in [0.4, 0.5) is 18.9 Å². The first-order valence-electron chi connectivity index (χ1n) is 7.49. The molecule has 2 aromatic carbocycles. The van der Waals surface area contributed by atoms with Crippen molar-refractivity contribution in [3.05, 3.63) is 69.0 Å². The number of ether oxygens (including phenoxy) is 1. The van der Waals surface area contributed by atoms with E-state index < -0.39 is 23.3 Å². The molecule has 3 aromatic rings. The molecule has 0 saturated carbocycles. The molecule has 0 aliphatic rings. The lowest BCUT2D eigenvalue weighted by Crippen LogP contribution is -2.21. The molecule has 0 aliphatic heterocycles. The van der Waals surface area contributed by atoms with Crippen LogP contribution in [0.15, 0.2) is 51.7 Å². The fourth-order valence-corrected chi connectivity index (χ4v) is 2.59. The van der Waals surface area contributed by atoms with Crippen molar-refractivity contribution < 1.29 is 27.1 Å². The van der Waals surface area contributed by atoms with Crippen molar-refractivity contribution in [2.75, 3.05) is 12.4 Å². The molecule has 0 radical (unpaired) electrons. The molecule has 1 heterocycles. The predicted octanol–water partition coefficient (Wildman–Crippen LogP) is 4.73. The number of anilines is 1. The molecule has 0 atom stereocenters. The number of hydrogen-bond donors (Lipinski definition) is 1. The summed E-state index contributed by atoms with van der Waals surface area (Å²) in [5.41, 5.74) is -2.46. The average molecular weight is 398 g/mol. The molecule has 0 fully saturated rings. The molecule has 1 amide bonds. The van der Waals surface area contributed by atoms with Gasteiger partial charge in [-0.3, -0.25) is 4.79 Å². The number of para-hydroxylation sites is 1. The smallest absolute Gasteiger partial charge is 0.416 e. The minimum absolute atomic E-state index is 0.108. The molecule has 140 valence electrons. The molecular weight excluding hydrogens is 387 g/mol. The Kier molecular flexibility index (Phi) is 4.84. The zero-order valence-corrected chi connectivity index (χ0v) is 14.4. The maximum absolute atomic E-state index is 12.8. The lowest BCUT2D eigenvalue weighted by atomic mass is 10.1. The normalized spacial score (nSPS) is 11.4. The van der Waals surface area contributed by atoms with Crippen LogP contribution < -0.4 is 15.7 Å². The molecule has 0 unspecified atom stereocenters. The monoisotopic (exact) mass is 397 g/mol. The summed E-state index contributed by atoms with van der Waals surface area (Å²) < 4.78 is 48.7. The van der Waals surface area contributed by atoms with Crippen LogP contribution in [0.3, 0.4) is 0 Å². The summed E-state index contributed by atoms with van der Waals surface area (Å²) >= 11 is 5.85. The third-order valence-electron chi connectivity index (χ3n) is 3.73. The number of amides is 1. The zero-order valence-electron chi connectivity index (χ0n) is 13.7. The lowest BCUT2D eigenvalue weighted by Gasteiger charge is -2.11. The Hall–Kier alpha value is -3.00. The Morgan fingerprint density at radius 2 is 1.93 bits per heavy atom. The molecule has 9 heteroatoms. The van der Waals surface area contributed by atoms with E-state index in [0.29, 0.717) is 17.2 Å². The average Bonchev–Trinajstić information content (AvgIpc) is 2.61. The highest BCUT2D eigenvalue weighted by molar-refractivity contribution is 6.34. The van der Waals surface area contributed by atoms with Gasteiger partial charge in [0, 0.05) is 5.39 Å². The minimum Gasteiger partial charge on any atom is -0.493 e. The van der Waals surface area contributed by atoms with Gasteiger partial charge in [-0.2, -0.15) is 13.2 Å². The standard InChI is InChI=1S/C18H11ClF3NO4/c1-26-14-4-2-3-9-7-11(17(25)27-15(9)14)16(24)23-13-8-10(18(20,21)22)5-6-12(13)19/h2-8H,1H3,(H,23,24). The molecule has 0 aliphatic carbocycles. The number of halogens is 4. The Balaban J connectivity index is 2.00. The van der Waals surface area contributed by atoms with Gasteiger partial charge >= 0.3 is 11.8 Å². The van der Waals surface area contributed by atoms with Crippen LogP contribution in [-0.2, 0) is 6.18 Å². The highest BCUT2D eigenvalue weighted by Gasteiger charge is 2.31. The van der Waals surface area contributed by atoms with Gasteiger partial charge in [-0.05, 0) is 30.3 Å². The highest BCUT2D eigenvalue weighted by Crippen LogP contribution is 2.34. The Bertz CT molecular complexity index is 1090. The Morgan fingerprint density at radius 1 is 1.19 bits per heavy atom. The molecule has 3 rings (SSSR count). The number of rotatable bonds is 3. The molecule has 1 aromatic heterocycles. The molecule has 0 saturated heterocycles. The number of alkyl halides is 3. The van der Waals surface area contributed by atoms with Gasteiger partial charge in [0.15, 0.2) is 11.3 Å². The second kappa shape index (κ2) is 6.96. The first-order valence-corrected chi connectivity index (χ1v) is 7.87. The summed E-state index contributed by atoms with van der Waals surface area (Å²) in [6.45, 7) is 0. The number of carbonyl (C=O) groups is 1. The van der Waals surface area contributed by atoms with Crippen LogP contribution in [0, 0.1) is 0 Å². The van der Waals surface area contributed by atoms with E-state index in [2.05, 4.69) is 5.32 Å². The van der Waals surface area contributed by atoms with Crippen LogP contribution in [0.1, 0.15) is 15.9 Å². The van der Waals surface area contributed by atoms with Crippen molar-refractivity contribution in [1.29, 1.82) is 0 Å². The summed E-state index contributed by atoms with van der Waals surface area (Å²) in [5.74, 6) is -0.646. The van der Waals surface area contributed by atoms with Crippen LogP contribution >= 0.6 is 11.6 Å². The van der Waals surface area contributed by atoms with Gasteiger partial charge in [0.2, 0.25) is 0 Å². The summed E-state index contributed by atoms with van der Waals surface area (Å²) in [6.07, 6.45) is -4.61. The number of hydrogen-bond acceptors (Lipinski definition) is 4. The van der Waals surface area contributed by atoms with Crippen molar-refractivity contribution in [3.63, 3.8) is 0 Å². The SMILES string of the molecule is COc1cccc2cc(C(=O)Nc3cc(C(F)(F)F)ccc3Cl)c(=O)oc12. The third kappa shape index (κ3) is 3.75. The summed E-state index contributed by atoms with van der Waals surface area (Å²) in [4.78, 5) is 24.6. The van der Waals surface area contributed by atoms with Gasteiger partial charge in [-0.1, -0.05) is 23.7 Å². The van der Waals surface area contributed by atoms with E-state index in [1.165, 1.54) is 13.2 Å². The number of fused-ring (bicyclic) bond motifs is 1. The summed E-state index contributed by atoms with van der Waals surface area (Å²) in [5, 5.41) is 2.51. The van der Waals surface area contributed by atoms with Crippen LogP contribution in [0.25, 0.3) is 11.0 Å².